The maximum absolute atomic E-state index is 12.2. The Balaban J connectivity index is 1.46. The molecule has 5 nitrogen and oxygen atoms in total. The molecule has 1 saturated heterocycles. The van der Waals surface area contributed by atoms with Crippen molar-refractivity contribution in [3.05, 3.63) is 60.3 Å². The second kappa shape index (κ2) is 7.77. The van der Waals surface area contributed by atoms with Crippen molar-refractivity contribution >= 4 is 15.8 Å². The summed E-state index contributed by atoms with van der Waals surface area (Å²) in [5.41, 5.74) is 0.815. The largest absolute Gasteiger partial charge is 0.357 e. The third-order valence-electron chi connectivity index (χ3n) is 4.38. The van der Waals surface area contributed by atoms with E-state index in [9.17, 15) is 8.42 Å². The standard InChI is InChI=1S/C18H23N3O2S/c22-24(23,15-17-6-2-1-3-7-17)20-14-16-9-12-21(13-10-16)18-8-4-5-11-19-18/h1-8,11,16,20H,9-10,12-15H2. The van der Waals surface area contributed by atoms with Crippen LogP contribution in [0.4, 0.5) is 5.82 Å². The van der Waals surface area contributed by atoms with Crippen LogP contribution in [0, 0.1) is 5.92 Å². The zero-order valence-electron chi connectivity index (χ0n) is 13.6. The van der Waals surface area contributed by atoms with E-state index in [0.29, 0.717) is 12.5 Å². The van der Waals surface area contributed by atoms with Gasteiger partial charge >= 0.3 is 0 Å². The molecule has 128 valence electrons. The number of rotatable bonds is 6. The molecule has 0 radical (unpaired) electrons. The van der Waals surface area contributed by atoms with Crippen LogP contribution in [0.3, 0.4) is 0 Å². The molecule has 0 unspecified atom stereocenters. The van der Waals surface area contributed by atoms with E-state index in [1.165, 1.54) is 0 Å². The van der Waals surface area contributed by atoms with Crippen LogP contribution in [0.5, 0.6) is 0 Å². The van der Waals surface area contributed by atoms with Gasteiger partial charge < -0.3 is 4.90 Å². The zero-order valence-corrected chi connectivity index (χ0v) is 14.5. The third kappa shape index (κ3) is 4.79. The fourth-order valence-corrected chi connectivity index (χ4v) is 4.22. The molecule has 0 bridgehead atoms. The Labute approximate surface area is 143 Å². The van der Waals surface area contributed by atoms with Gasteiger partial charge in [-0.05, 0) is 36.5 Å². The van der Waals surface area contributed by atoms with Crippen molar-refractivity contribution in [2.45, 2.75) is 18.6 Å². The Morgan fingerprint density at radius 2 is 1.75 bits per heavy atom. The van der Waals surface area contributed by atoms with Crippen LogP contribution in [-0.4, -0.2) is 33.0 Å². The maximum Gasteiger partial charge on any atom is 0.215 e. The van der Waals surface area contributed by atoms with Gasteiger partial charge in [0.2, 0.25) is 10.0 Å². The normalized spacial score (nSPS) is 16.2. The van der Waals surface area contributed by atoms with Gasteiger partial charge in [-0.3, -0.25) is 0 Å². The van der Waals surface area contributed by atoms with Crippen molar-refractivity contribution < 1.29 is 8.42 Å². The summed E-state index contributed by atoms with van der Waals surface area (Å²) in [4.78, 5) is 6.63. The number of sulfonamides is 1. The zero-order chi connectivity index (χ0) is 16.8. The Hall–Kier alpha value is -1.92. The molecule has 2 aromatic rings. The first kappa shape index (κ1) is 16.9. The summed E-state index contributed by atoms with van der Waals surface area (Å²) in [5.74, 6) is 1.43. The fraction of sp³-hybridized carbons (Fsp3) is 0.389. The van der Waals surface area contributed by atoms with Gasteiger partial charge in [0.05, 0.1) is 5.75 Å². The van der Waals surface area contributed by atoms with Crippen LogP contribution in [-0.2, 0) is 15.8 Å². The van der Waals surface area contributed by atoms with E-state index in [0.717, 1.165) is 37.3 Å². The van der Waals surface area contributed by atoms with E-state index in [1.54, 1.807) is 6.20 Å². The number of piperidine rings is 1. The van der Waals surface area contributed by atoms with Crippen molar-refractivity contribution in [3.8, 4) is 0 Å². The minimum Gasteiger partial charge on any atom is -0.357 e. The molecular weight excluding hydrogens is 322 g/mol. The van der Waals surface area contributed by atoms with Gasteiger partial charge in [-0.15, -0.1) is 0 Å². The fourth-order valence-electron chi connectivity index (χ4n) is 3.00. The lowest BCUT2D eigenvalue weighted by Gasteiger charge is -2.32. The lowest BCUT2D eigenvalue weighted by Crippen LogP contribution is -2.39. The molecule has 0 amide bonds. The molecular formula is C18H23N3O2S. The van der Waals surface area contributed by atoms with Gasteiger partial charge in [-0.25, -0.2) is 18.1 Å². The summed E-state index contributed by atoms with van der Waals surface area (Å²) in [7, 11) is -3.28. The van der Waals surface area contributed by atoms with Crippen LogP contribution in [0.15, 0.2) is 54.7 Å². The molecule has 1 aliphatic rings. The summed E-state index contributed by atoms with van der Waals surface area (Å²) >= 11 is 0. The van der Waals surface area contributed by atoms with Gasteiger partial charge in [0.1, 0.15) is 5.82 Å². The summed E-state index contributed by atoms with van der Waals surface area (Å²) in [5, 5.41) is 0. The van der Waals surface area contributed by atoms with E-state index in [4.69, 9.17) is 0 Å². The highest BCUT2D eigenvalue weighted by Crippen LogP contribution is 2.21. The molecule has 0 spiro atoms. The van der Waals surface area contributed by atoms with Crippen LogP contribution in [0.2, 0.25) is 0 Å². The van der Waals surface area contributed by atoms with Gasteiger partial charge in [-0.2, -0.15) is 0 Å². The Morgan fingerprint density at radius 3 is 2.42 bits per heavy atom. The van der Waals surface area contributed by atoms with Crippen molar-refractivity contribution in [1.82, 2.24) is 9.71 Å². The first-order chi connectivity index (χ1) is 11.6. The highest BCUT2D eigenvalue weighted by molar-refractivity contribution is 7.88. The SMILES string of the molecule is O=S(=O)(Cc1ccccc1)NCC1CCN(c2ccccn2)CC1. The first-order valence-corrected chi connectivity index (χ1v) is 9.95. The van der Waals surface area contributed by atoms with Crippen LogP contribution < -0.4 is 9.62 Å². The minimum atomic E-state index is -3.28. The molecule has 1 aliphatic heterocycles. The number of anilines is 1. The molecule has 1 N–H and O–H groups in total. The molecule has 3 rings (SSSR count). The lowest BCUT2D eigenvalue weighted by molar-refractivity contribution is 0.400. The van der Waals surface area contributed by atoms with Gasteiger partial charge in [0.25, 0.3) is 0 Å². The average molecular weight is 345 g/mol. The number of hydrogen-bond acceptors (Lipinski definition) is 4. The van der Waals surface area contributed by atoms with Crippen molar-refractivity contribution in [2.75, 3.05) is 24.5 Å². The predicted octanol–water partition coefficient (Wildman–Crippen LogP) is 2.42. The molecule has 1 aromatic heterocycles. The van der Waals surface area contributed by atoms with Crippen molar-refractivity contribution in [3.63, 3.8) is 0 Å². The monoisotopic (exact) mass is 345 g/mol. The summed E-state index contributed by atoms with van der Waals surface area (Å²) in [6, 6.07) is 15.2. The topological polar surface area (TPSA) is 62.3 Å². The molecule has 24 heavy (non-hydrogen) atoms. The molecule has 0 atom stereocenters. The predicted molar refractivity (Wildman–Crippen MR) is 96.2 cm³/mol. The van der Waals surface area contributed by atoms with Crippen LogP contribution >= 0.6 is 0 Å². The minimum absolute atomic E-state index is 0.0423. The summed E-state index contributed by atoms with van der Waals surface area (Å²) < 4.78 is 27.2. The Kier molecular flexibility index (Phi) is 5.48. The number of benzene rings is 1. The number of nitrogens with one attached hydrogen (secondary N) is 1. The molecule has 0 aliphatic carbocycles. The van der Waals surface area contributed by atoms with Gasteiger partial charge in [0.15, 0.2) is 0 Å². The van der Waals surface area contributed by atoms with E-state index in [2.05, 4.69) is 14.6 Å². The third-order valence-corrected chi connectivity index (χ3v) is 5.70. The number of nitrogens with zero attached hydrogens (tertiary/aromatic N) is 2. The first-order valence-electron chi connectivity index (χ1n) is 8.30. The number of aromatic nitrogens is 1. The molecule has 0 saturated carbocycles. The molecule has 1 fully saturated rings. The molecule has 2 heterocycles. The maximum atomic E-state index is 12.2. The van der Waals surface area contributed by atoms with Gasteiger partial charge in [0, 0.05) is 25.8 Å². The van der Waals surface area contributed by atoms with Crippen LogP contribution in [0.25, 0.3) is 0 Å². The average Bonchev–Trinajstić information content (AvgIpc) is 2.62. The molecule has 6 heteroatoms. The van der Waals surface area contributed by atoms with E-state index >= 15 is 0 Å². The van der Waals surface area contributed by atoms with E-state index in [1.807, 2.05) is 48.5 Å². The van der Waals surface area contributed by atoms with Crippen molar-refractivity contribution in [2.24, 2.45) is 5.92 Å². The second-order valence-electron chi connectivity index (χ2n) is 6.21. The van der Waals surface area contributed by atoms with Crippen LogP contribution in [0.1, 0.15) is 18.4 Å². The quantitative estimate of drug-likeness (QED) is 0.873. The summed E-state index contributed by atoms with van der Waals surface area (Å²) in [6.45, 7) is 2.36. The smallest absolute Gasteiger partial charge is 0.215 e. The number of hydrogen-bond donors (Lipinski definition) is 1. The lowest BCUT2D eigenvalue weighted by atomic mass is 9.97. The second-order valence-corrected chi connectivity index (χ2v) is 8.02. The van der Waals surface area contributed by atoms with Crippen molar-refractivity contribution in [1.29, 1.82) is 0 Å². The van der Waals surface area contributed by atoms with E-state index in [-0.39, 0.29) is 5.75 Å². The number of pyridine rings is 1. The highest BCUT2D eigenvalue weighted by atomic mass is 32.2. The highest BCUT2D eigenvalue weighted by Gasteiger charge is 2.21. The summed E-state index contributed by atoms with van der Waals surface area (Å²) in [6.07, 6.45) is 3.76. The Morgan fingerprint density at radius 1 is 1.04 bits per heavy atom. The molecule has 1 aromatic carbocycles. The Bertz CT molecular complexity index is 727. The van der Waals surface area contributed by atoms with E-state index < -0.39 is 10.0 Å². The van der Waals surface area contributed by atoms with Gasteiger partial charge in [-0.1, -0.05) is 36.4 Å².